The van der Waals surface area contributed by atoms with Crippen LogP contribution in [0, 0.1) is 0 Å². The van der Waals surface area contributed by atoms with Crippen molar-refractivity contribution in [1.82, 2.24) is 4.81 Å². The Kier molecular flexibility index (Phi) is 5.00. The van der Waals surface area contributed by atoms with Crippen LogP contribution in [0.3, 0.4) is 0 Å². The summed E-state index contributed by atoms with van der Waals surface area (Å²) in [6, 6.07) is 0. The van der Waals surface area contributed by atoms with Crippen molar-refractivity contribution < 1.29 is 19.9 Å². The molecular weight excluding hydrogens is 136 g/mol. The van der Waals surface area contributed by atoms with E-state index < -0.39 is 5.81 Å². The molecule has 0 bridgehead atoms. The average molecular weight is 143 g/mol. The van der Waals surface area contributed by atoms with Crippen LogP contribution in [0.5, 0.6) is 0 Å². The smallest absolute Gasteiger partial charge is 0.437 e. The predicted molar refractivity (Wildman–Crippen MR) is 35.1 cm³/mol. The fourth-order valence-electron chi connectivity index (χ4n) is 0.407. The molecular formula is C3H7B2NO4. The van der Waals surface area contributed by atoms with Crippen LogP contribution in [0.15, 0.2) is 0 Å². The largest absolute Gasteiger partial charge is 0.446 e. The van der Waals surface area contributed by atoms with Crippen LogP contribution < -0.4 is 0 Å². The number of carbonyl (C=O) groups excluding carboxylic acids is 1. The van der Waals surface area contributed by atoms with Gasteiger partial charge < -0.3 is 20.0 Å². The van der Waals surface area contributed by atoms with Crippen molar-refractivity contribution in [1.29, 1.82) is 0 Å². The molecule has 7 heteroatoms. The molecule has 0 aromatic rings. The first-order chi connectivity index (χ1) is 4.76. The molecule has 5 nitrogen and oxygen atoms in total. The van der Waals surface area contributed by atoms with Crippen molar-refractivity contribution >= 4 is 20.9 Å². The summed E-state index contributed by atoms with van der Waals surface area (Å²) in [5.41, 5.74) is 0. The van der Waals surface area contributed by atoms with Gasteiger partial charge in [-0.2, -0.15) is 0 Å². The van der Waals surface area contributed by atoms with Gasteiger partial charge in [0.1, 0.15) is 0 Å². The minimum Gasteiger partial charge on any atom is -0.446 e. The monoisotopic (exact) mass is 143 g/mol. The Bertz CT molecular complexity index is 111. The molecule has 54 valence electrons. The lowest BCUT2D eigenvalue weighted by Crippen LogP contribution is -2.38. The summed E-state index contributed by atoms with van der Waals surface area (Å²) in [5, 5.41) is 24.7. The molecule has 0 atom stereocenters. The number of hydrogen-bond acceptors (Lipinski definition) is 4. The highest BCUT2D eigenvalue weighted by Crippen LogP contribution is 1.84. The Hall–Kier alpha value is -0.520. The van der Waals surface area contributed by atoms with Gasteiger partial charge in [-0.1, -0.05) is 0 Å². The first-order valence-corrected chi connectivity index (χ1v) is 2.62. The molecule has 2 radical (unpaired) electrons. The fraction of sp³-hybridized carbons (Fsp3) is 0.667. The number of amides is 1. The highest BCUT2D eigenvalue weighted by Gasteiger charge is 2.12. The molecule has 0 spiro atoms. The van der Waals surface area contributed by atoms with Crippen molar-refractivity contribution in [2.45, 2.75) is 0 Å². The zero-order chi connectivity index (χ0) is 7.98. The Balaban J connectivity index is 3.68. The summed E-state index contributed by atoms with van der Waals surface area (Å²) < 4.78 is 0. The molecule has 0 fully saturated rings. The van der Waals surface area contributed by atoms with E-state index in [0.29, 0.717) is 15.1 Å². The van der Waals surface area contributed by atoms with E-state index in [1.807, 2.05) is 0 Å². The second kappa shape index (κ2) is 5.28. The van der Waals surface area contributed by atoms with E-state index in [9.17, 15) is 4.79 Å². The second-order valence-electron chi connectivity index (χ2n) is 1.50. The number of hydrogen-bond donors (Lipinski definition) is 3. The molecule has 1 amide bonds. The van der Waals surface area contributed by atoms with Gasteiger partial charge in [0, 0.05) is 6.54 Å². The minimum atomic E-state index is -0.767. The molecule has 0 unspecified atom stereocenters. The summed E-state index contributed by atoms with van der Waals surface area (Å²) in [7, 11) is 0.799. The maximum Gasteiger partial charge on any atom is 0.437 e. The van der Waals surface area contributed by atoms with E-state index in [0.717, 1.165) is 4.81 Å². The van der Waals surface area contributed by atoms with E-state index in [1.54, 1.807) is 0 Å². The van der Waals surface area contributed by atoms with Crippen LogP contribution in [0.25, 0.3) is 0 Å². The lowest BCUT2D eigenvalue weighted by atomic mass is 9.96. The Morgan fingerprint density at radius 3 is 2.40 bits per heavy atom. The van der Waals surface area contributed by atoms with Crippen molar-refractivity contribution in [2.75, 3.05) is 13.2 Å². The quantitative estimate of drug-likeness (QED) is 0.381. The maximum absolute atomic E-state index is 10.5. The van der Waals surface area contributed by atoms with Gasteiger partial charge in [-0.15, -0.1) is 0 Å². The van der Waals surface area contributed by atoms with Gasteiger partial charge in [0.2, 0.25) is 0 Å². The molecule has 0 aromatic carbocycles. The van der Waals surface area contributed by atoms with Gasteiger partial charge >= 0.3 is 15.1 Å². The Morgan fingerprint density at radius 2 is 2.10 bits per heavy atom. The van der Waals surface area contributed by atoms with Crippen LogP contribution in [0.2, 0.25) is 0 Å². The van der Waals surface area contributed by atoms with Gasteiger partial charge in [-0.25, -0.2) is 0 Å². The van der Waals surface area contributed by atoms with Gasteiger partial charge in [-0.05, 0) is 0 Å². The predicted octanol–water partition coefficient (Wildman–Crippen LogP) is -2.46. The molecule has 0 saturated heterocycles. The van der Waals surface area contributed by atoms with E-state index in [-0.39, 0.29) is 13.2 Å². The zero-order valence-corrected chi connectivity index (χ0v) is 5.27. The maximum atomic E-state index is 10.5. The summed E-state index contributed by atoms with van der Waals surface area (Å²) in [6.45, 7) is -0.303. The highest BCUT2D eigenvalue weighted by atomic mass is 16.3. The molecule has 0 aliphatic rings. The fourth-order valence-corrected chi connectivity index (χ4v) is 0.407. The third-order valence-electron chi connectivity index (χ3n) is 0.874. The molecule has 0 saturated carbocycles. The zero-order valence-electron chi connectivity index (χ0n) is 5.27. The average Bonchev–Trinajstić information content (AvgIpc) is 1.99. The van der Waals surface area contributed by atoms with E-state index in [2.05, 4.69) is 0 Å². The van der Waals surface area contributed by atoms with Crippen LogP contribution in [-0.2, 0) is 0 Å². The van der Waals surface area contributed by atoms with Gasteiger partial charge in [0.05, 0.1) is 6.61 Å². The summed E-state index contributed by atoms with van der Waals surface area (Å²) in [5.74, 6) is -0.767. The lowest BCUT2D eigenvalue weighted by molar-refractivity contribution is 0.221. The number of aliphatic hydroxyl groups excluding tert-OH is 1. The molecule has 0 aromatic heterocycles. The second-order valence-corrected chi connectivity index (χ2v) is 1.50. The van der Waals surface area contributed by atoms with Crippen LogP contribution in [-0.4, -0.2) is 54.0 Å². The van der Waals surface area contributed by atoms with Crippen LogP contribution in [0.1, 0.15) is 0 Å². The number of carbonyl (C=O) groups is 1. The Labute approximate surface area is 59.8 Å². The lowest BCUT2D eigenvalue weighted by Gasteiger charge is -2.15. The van der Waals surface area contributed by atoms with Crippen molar-refractivity contribution in [3.63, 3.8) is 0 Å². The van der Waals surface area contributed by atoms with Crippen LogP contribution in [0.4, 0.5) is 4.79 Å². The summed E-state index contributed by atoms with van der Waals surface area (Å²) >= 11 is 0. The number of aliphatic hydroxyl groups is 1. The summed E-state index contributed by atoms with van der Waals surface area (Å²) in [4.78, 5) is 11.2. The molecule has 3 N–H and O–H groups in total. The first kappa shape index (κ1) is 9.48. The third kappa shape index (κ3) is 2.86. The first-order valence-electron chi connectivity index (χ1n) is 2.62. The molecule has 10 heavy (non-hydrogen) atoms. The van der Waals surface area contributed by atoms with Crippen molar-refractivity contribution in [2.24, 2.45) is 0 Å². The van der Waals surface area contributed by atoms with E-state index >= 15 is 0 Å². The van der Waals surface area contributed by atoms with Crippen LogP contribution >= 0.6 is 0 Å². The molecule has 0 aliphatic carbocycles. The normalized spacial score (nSPS) is 8.70. The van der Waals surface area contributed by atoms with Gasteiger partial charge in [-0.3, -0.25) is 4.79 Å². The van der Waals surface area contributed by atoms with Crippen molar-refractivity contribution in [3.05, 3.63) is 0 Å². The molecule has 0 rings (SSSR count). The number of nitrogens with zero attached hydrogens (tertiary/aromatic N) is 1. The third-order valence-corrected chi connectivity index (χ3v) is 0.874. The van der Waals surface area contributed by atoms with E-state index in [4.69, 9.17) is 15.2 Å². The highest BCUT2D eigenvalue weighted by molar-refractivity contribution is 6.69. The topological polar surface area (TPSA) is 81.0 Å². The minimum absolute atomic E-state index is 0.0353. The van der Waals surface area contributed by atoms with Crippen molar-refractivity contribution in [3.8, 4) is 0 Å². The molecule has 0 heterocycles. The van der Waals surface area contributed by atoms with Gasteiger partial charge in [0.15, 0.2) is 5.81 Å². The number of rotatable bonds is 4. The molecule has 0 aliphatic heterocycles. The van der Waals surface area contributed by atoms with Gasteiger partial charge in [0.25, 0.3) is 0 Å². The standard InChI is InChI=1S/C3H7B2NO4/c7-2-1-6(5-10)3(8)4-9/h7,9-10H,1-2H2. The summed E-state index contributed by atoms with van der Waals surface area (Å²) in [6.07, 6.45) is 0. The SMILES string of the molecule is O=C([B]O)N([B]O)CCO. The van der Waals surface area contributed by atoms with E-state index in [1.165, 1.54) is 0 Å². The Morgan fingerprint density at radius 1 is 1.50 bits per heavy atom.